The summed E-state index contributed by atoms with van der Waals surface area (Å²) in [5.41, 5.74) is 6.11. The second-order valence-corrected chi connectivity index (χ2v) is 7.94. The van der Waals surface area contributed by atoms with Gasteiger partial charge in [-0.1, -0.05) is 25.1 Å². The van der Waals surface area contributed by atoms with Gasteiger partial charge in [0.15, 0.2) is 0 Å². The van der Waals surface area contributed by atoms with Crippen LogP contribution >= 0.6 is 0 Å². The summed E-state index contributed by atoms with van der Waals surface area (Å²) in [6.45, 7) is 12.1. The molecule has 0 aromatic heterocycles. The summed E-state index contributed by atoms with van der Waals surface area (Å²) >= 11 is 0. The van der Waals surface area contributed by atoms with Crippen molar-refractivity contribution in [3.8, 4) is 0 Å². The highest BCUT2D eigenvalue weighted by Crippen LogP contribution is 2.39. The number of ether oxygens (including phenoxy) is 1. The van der Waals surface area contributed by atoms with E-state index in [-0.39, 0.29) is 11.5 Å². The molecular formula is C25H30N2O2. The lowest BCUT2D eigenvalue weighted by Crippen LogP contribution is -2.45. The maximum absolute atomic E-state index is 11.9. The van der Waals surface area contributed by atoms with Gasteiger partial charge in [-0.2, -0.15) is 0 Å². The van der Waals surface area contributed by atoms with Gasteiger partial charge in [0, 0.05) is 24.0 Å². The van der Waals surface area contributed by atoms with E-state index in [2.05, 4.69) is 61.9 Å². The van der Waals surface area contributed by atoms with Crippen LogP contribution in [0.5, 0.6) is 0 Å². The van der Waals surface area contributed by atoms with Gasteiger partial charge in [-0.3, -0.25) is 4.99 Å². The molecule has 0 saturated heterocycles. The quantitative estimate of drug-likeness (QED) is 0.447. The fraction of sp³-hybridized carbons (Fsp3) is 0.360. The first-order valence-corrected chi connectivity index (χ1v) is 10.3. The smallest absolute Gasteiger partial charge is 0.338 e. The minimum atomic E-state index is -0.322. The molecule has 3 rings (SSSR count). The van der Waals surface area contributed by atoms with Gasteiger partial charge in [0.05, 0.1) is 23.4 Å². The van der Waals surface area contributed by atoms with Crippen LogP contribution in [0.2, 0.25) is 0 Å². The number of benzene rings is 2. The van der Waals surface area contributed by atoms with Crippen LogP contribution < -0.4 is 4.90 Å². The molecule has 29 heavy (non-hydrogen) atoms. The number of hydrogen-bond acceptors (Lipinski definition) is 4. The molecule has 0 aliphatic carbocycles. The third-order valence-electron chi connectivity index (χ3n) is 5.17. The lowest BCUT2D eigenvalue weighted by Gasteiger charge is -2.43. The molecule has 1 aliphatic rings. The van der Waals surface area contributed by atoms with E-state index in [1.807, 2.05) is 18.3 Å². The van der Waals surface area contributed by atoms with Crippen molar-refractivity contribution in [2.24, 2.45) is 4.99 Å². The van der Waals surface area contributed by atoms with Crippen molar-refractivity contribution in [3.05, 3.63) is 65.2 Å². The molecule has 4 nitrogen and oxygen atoms in total. The van der Waals surface area contributed by atoms with Crippen molar-refractivity contribution in [1.29, 1.82) is 0 Å². The average molecular weight is 391 g/mol. The molecule has 2 aromatic rings. The summed E-state index contributed by atoms with van der Waals surface area (Å²) in [4.78, 5) is 19.0. The van der Waals surface area contributed by atoms with Crippen LogP contribution in [0.4, 0.5) is 11.4 Å². The van der Waals surface area contributed by atoms with E-state index >= 15 is 0 Å². The first-order valence-electron chi connectivity index (χ1n) is 10.3. The third kappa shape index (κ3) is 4.58. The Morgan fingerprint density at radius 1 is 1.17 bits per heavy atom. The number of rotatable bonds is 6. The number of hydrogen-bond donors (Lipinski definition) is 0. The van der Waals surface area contributed by atoms with Crippen molar-refractivity contribution in [2.45, 2.75) is 46.6 Å². The van der Waals surface area contributed by atoms with Crippen LogP contribution in [0.1, 0.15) is 62.5 Å². The van der Waals surface area contributed by atoms with Crippen molar-refractivity contribution in [1.82, 2.24) is 0 Å². The Kier molecular flexibility index (Phi) is 6.21. The van der Waals surface area contributed by atoms with Gasteiger partial charge in [-0.15, -0.1) is 0 Å². The molecule has 0 amide bonds. The Balaban J connectivity index is 1.88. The number of aliphatic imine (C=N–C) groups is 1. The first-order chi connectivity index (χ1) is 13.9. The predicted octanol–water partition coefficient (Wildman–Crippen LogP) is 6.03. The second-order valence-electron chi connectivity index (χ2n) is 7.94. The molecule has 0 bridgehead atoms. The van der Waals surface area contributed by atoms with E-state index in [1.54, 1.807) is 19.1 Å². The van der Waals surface area contributed by atoms with Crippen LogP contribution in [-0.4, -0.2) is 30.9 Å². The minimum Gasteiger partial charge on any atom is -0.462 e. The van der Waals surface area contributed by atoms with Crippen molar-refractivity contribution >= 4 is 29.1 Å². The molecule has 4 heteroatoms. The fourth-order valence-corrected chi connectivity index (χ4v) is 3.89. The van der Waals surface area contributed by atoms with E-state index < -0.39 is 0 Å². The standard InChI is InChI=1S/C25H30N2O2/c1-6-13-27-23-12-11-19(14-22(23)18(3)16-25(27,4)5)17-26-21-10-8-9-20(15-21)24(28)29-7-2/h8-12,14-17H,6-7,13H2,1-5H3. The van der Waals surface area contributed by atoms with Gasteiger partial charge >= 0.3 is 5.97 Å². The van der Waals surface area contributed by atoms with Crippen molar-refractivity contribution in [3.63, 3.8) is 0 Å². The summed E-state index contributed by atoms with van der Waals surface area (Å²) in [6.07, 6.45) is 5.30. The molecule has 1 heterocycles. The summed E-state index contributed by atoms with van der Waals surface area (Å²) in [5.74, 6) is -0.322. The second kappa shape index (κ2) is 8.64. The van der Waals surface area contributed by atoms with Crippen LogP contribution in [0.3, 0.4) is 0 Å². The predicted molar refractivity (Wildman–Crippen MR) is 121 cm³/mol. The minimum absolute atomic E-state index is 0.0102. The number of allylic oxidation sites excluding steroid dienone is 1. The molecular weight excluding hydrogens is 360 g/mol. The van der Waals surface area contributed by atoms with Gasteiger partial charge in [0.1, 0.15) is 0 Å². The summed E-state index contributed by atoms with van der Waals surface area (Å²) in [7, 11) is 0. The molecule has 152 valence electrons. The van der Waals surface area contributed by atoms with Crippen LogP contribution in [-0.2, 0) is 4.74 Å². The Bertz CT molecular complexity index is 957. The van der Waals surface area contributed by atoms with E-state index in [0.29, 0.717) is 12.2 Å². The Morgan fingerprint density at radius 2 is 1.97 bits per heavy atom. The van der Waals surface area contributed by atoms with Gasteiger partial charge < -0.3 is 9.64 Å². The van der Waals surface area contributed by atoms with Gasteiger partial charge in [-0.05, 0) is 75.6 Å². The average Bonchev–Trinajstić information content (AvgIpc) is 2.69. The number of fused-ring (bicyclic) bond motifs is 1. The Morgan fingerprint density at radius 3 is 2.69 bits per heavy atom. The summed E-state index contributed by atoms with van der Waals surface area (Å²) in [5, 5.41) is 0. The normalized spacial score (nSPS) is 15.2. The SMILES string of the molecule is CCCN1c2ccc(C=Nc3cccc(C(=O)OCC)c3)cc2C(C)=CC1(C)C. The van der Waals surface area contributed by atoms with Crippen molar-refractivity contribution in [2.75, 3.05) is 18.1 Å². The van der Waals surface area contributed by atoms with Gasteiger partial charge in [-0.25, -0.2) is 4.79 Å². The summed E-state index contributed by atoms with van der Waals surface area (Å²) in [6, 6.07) is 13.7. The van der Waals surface area contributed by atoms with E-state index in [9.17, 15) is 4.79 Å². The van der Waals surface area contributed by atoms with Crippen LogP contribution in [0.15, 0.2) is 53.5 Å². The van der Waals surface area contributed by atoms with Crippen molar-refractivity contribution < 1.29 is 9.53 Å². The molecule has 0 radical (unpaired) electrons. The van der Waals surface area contributed by atoms with Gasteiger partial charge in [0.2, 0.25) is 0 Å². The highest BCUT2D eigenvalue weighted by atomic mass is 16.5. The maximum Gasteiger partial charge on any atom is 0.338 e. The van der Waals surface area contributed by atoms with E-state index in [4.69, 9.17) is 4.74 Å². The molecule has 1 aliphatic heterocycles. The zero-order valence-corrected chi connectivity index (χ0v) is 18.0. The topological polar surface area (TPSA) is 41.9 Å². The molecule has 0 saturated carbocycles. The number of carbonyl (C=O) groups is 1. The Hall–Kier alpha value is -2.88. The number of esters is 1. The zero-order valence-electron chi connectivity index (χ0n) is 18.0. The molecule has 0 atom stereocenters. The number of anilines is 1. The largest absolute Gasteiger partial charge is 0.462 e. The first kappa shape index (κ1) is 20.8. The molecule has 2 aromatic carbocycles. The highest BCUT2D eigenvalue weighted by molar-refractivity contribution is 5.91. The molecule has 0 fully saturated rings. The lowest BCUT2D eigenvalue weighted by molar-refractivity contribution is 0.0526. The third-order valence-corrected chi connectivity index (χ3v) is 5.17. The van der Waals surface area contributed by atoms with Crippen LogP contribution in [0, 0.1) is 0 Å². The number of carbonyl (C=O) groups excluding carboxylic acids is 1. The molecule has 0 spiro atoms. The summed E-state index contributed by atoms with van der Waals surface area (Å²) < 4.78 is 5.06. The Labute approximate surface area is 173 Å². The number of nitrogens with zero attached hydrogens (tertiary/aromatic N) is 2. The highest BCUT2D eigenvalue weighted by Gasteiger charge is 2.30. The fourth-order valence-electron chi connectivity index (χ4n) is 3.89. The monoisotopic (exact) mass is 390 g/mol. The molecule has 0 N–H and O–H groups in total. The lowest BCUT2D eigenvalue weighted by atomic mass is 9.88. The van der Waals surface area contributed by atoms with E-state index in [0.717, 1.165) is 24.2 Å². The zero-order chi connectivity index (χ0) is 21.0. The van der Waals surface area contributed by atoms with Gasteiger partial charge in [0.25, 0.3) is 0 Å². The maximum atomic E-state index is 11.9. The van der Waals surface area contributed by atoms with E-state index in [1.165, 1.54) is 16.8 Å². The molecule has 0 unspecified atom stereocenters. The van der Waals surface area contributed by atoms with Crippen LogP contribution in [0.25, 0.3) is 5.57 Å².